The molecular weight excluding hydrogens is 456 g/mol. The highest BCUT2D eigenvalue weighted by atomic mass is 35.5. The minimum absolute atomic E-state index is 0.0373. The maximum atomic E-state index is 14.2. The van der Waals surface area contributed by atoms with Gasteiger partial charge in [-0.2, -0.15) is 0 Å². The van der Waals surface area contributed by atoms with Gasteiger partial charge in [0.05, 0.1) is 24.8 Å². The summed E-state index contributed by atoms with van der Waals surface area (Å²) in [6.07, 6.45) is 0. The average Bonchev–Trinajstić information content (AvgIpc) is 3.34. The van der Waals surface area contributed by atoms with Crippen LogP contribution in [0, 0.1) is 5.92 Å². The van der Waals surface area contributed by atoms with Crippen molar-refractivity contribution in [3.05, 3.63) is 81.0 Å². The Kier molecular flexibility index (Phi) is 6.77. The summed E-state index contributed by atoms with van der Waals surface area (Å²) in [5.41, 5.74) is 1.92. The Labute approximate surface area is 203 Å². The van der Waals surface area contributed by atoms with Crippen molar-refractivity contribution in [2.75, 3.05) is 25.6 Å². The van der Waals surface area contributed by atoms with Crippen molar-refractivity contribution in [2.24, 2.45) is 5.92 Å². The van der Waals surface area contributed by atoms with Crippen molar-refractivity contribution in [3.8, 4) is 5.75 Å². The molecule has 0 aliphatic carbocycles. The fourth-order valence-corrected chi connectivity index (χ4v) is 5.52. The molecule has 0 spiro atoms. The minimum atomic E-state index is -0.565. The zero-order valence-electron chi connectivity index (χ0n) is 19.1. The number of thiophene rings is 1. The smallest absolute Gasteiger partial charge is 0.254 e. The van der Waals surface area contributed by atoms with Gasteiger partial charge in [0, 0.05) is 29.1 Å². The number of methoxy groups -OCH3 is 1. The van der Waals surface area contributed by atoms with Gasteiger partial charge in [-0.25, -0.2) is 0 Å². The van der Waals surface area contributed by atoms with Gasteiger partial charge in [-0.15, -0.1) is 11.3 Å². The summed E-state index contributed by atoms with van der Waals surface area (Å²) in [6.45, 7) is 4.72. The zero-order chi connectivity index (χ0) is 23.7. The number of amides is 2. The Balaban J connectivity index is 1.88. The molecule has 3 aromatic rings. The number of halogens is 1. The molecule has 2 atom stereocenters. The minimum Gasteiger partial charge on any atom is -0.495 e. The molecule has 7 heteroatoms. The third-order valence-electron chi connectivity index (χ3n) is 5.93. The van der Waals surface area contributed by atoms with Gasteiger partial charge in [0.2, 0.25) is 5.91 Å². The van der Waals surface area contributed by atoms with Crippen LogP contribution in [-0.2, 0) is 4.79 Å². The monoisotopic (exact) mass is 482 g/mol. The van der Waals surface area contributed by atoms with E-state index < -0.39 is 12.0 Å². The molecule has 1 aliphatic heterocycles. The van der Waals surface area contributed by atoms with Crippen LogP contribution in [-0.4, -0.2) is 37.4 Å². The summed E-state index contributed by atoms with van der Waals surface area (Å²) in [5, 5.41) is 2.50. The number of carbonyl (C=O) groups is 2. The molecule has 2 heterocycles. The average molecular weight is 483 g/mol. The van der Waals surface area contributed by atoms with Crippen LogP contribution in [0.3, 0.4) is 0 Å². The van der Waals surface area contributed by atoms with E-state index in [2.05, 4.69) is 13.8 Å². The fraction of sp³-hybridized carbons (Fsp3) is 0.308. The van der Waals surface area contributed by atoms with Crippen molar-refractivity contribution in [2.45, 2.75) is 25.8 Å². The van der Waals surface area contributed by atoms with Crippen molar-refractivity contribution in [3.63, 3.8) is 0 Å². The summed E-state index contributed by atoms with van der Waals surface area (Å²) in [5.74, 6) is 0.0858. The van der Waals surface area contributed by atoms with Gasteiger partial charge in [0.25, 0.3) is 5.91 Å². The predicted molar refractivity (Wildman–Crippen MR) is 134 cm³/mol. The maximum Gasteiger partial charge on any atom is 0.254 e. The number of likely N-dealkylation sites (N-methyl/N-ethyl adjacent to an activating group) is 1. The molecule has 172 valence electrons. The highest BCUT2D eigenvalue weighted by Gasteiger charge is 2.45. The Hall–Kier alpha value is -2.83. The van der Waals surface area contributed by atoms with Crippen molar-refractivity contribution in [1.29, 1.82) is 0 Å². The first-order valence-electron chi connectivity index (χ1n) is 10.9. The molecular formula is C26H27ClN2O3S. The van der Waals surface area contributed by atoms with E-state index in [-0.39, 0.29) is 17.7 Å². The lowest BCUT2D eigenvalue weighted by atomic mass is 9.80. The van der Waals surface area contributed by atoms with E-state index in [4.69, 9.17) is 16.3 Å². The van der Waals surface area contributed by atoms with E-state index in [0.29, 0.717) is 28.6 Å². The number of nitrogens with zero attached hydrogens (tertiary/aromatic N) is 2. The van der Waals surface area contributed by atoms with Gasteiger partial charge >= 0.3 is 0 Å². The molecule has 0 radical (unpaired) electrons. The molecule has 0 saturated carbocycles. The summed E-state index contributed by atoms with van der Waals surface area (Å²) in [6, 6.07) is 16.2. The van der Waals surface area contributed by atoms with Crippen LogP contribution in [0.1, 0.15) is 46.6 Å². The number of hydrogen-bond donors (Lipinski definition) is 0. The van der Waals surface area contributed by atoms with Crippen LogP contribution >= 0.6 is 22.9 Å². The van der Waals surface area contributed by atoms with E-state index in [9.17, 15) is 9.59 Å². The normalized spacial score (nSPS) is 17.8. The number of ether oxygens (including phenoxy) is 1. The lowest BCUT2D eigenvalue weighted by molar-refractivity contribution is -0.121. The standard InChI is InChI=1S/C26H27ClN2O3S/c1-16(2)15-29-24(22-10-7-13-33-22)23(18-8-5-6-9-19(18)25(29)30)26(31)28(3)20-14-17(27)11-12-21(20)32-4/h5-14,16,23-24H,15H2,1-4H3/t23-,24-/m0/s1. The van der Waals surface area contributed by atoms with Crippen molar-refractivity contribution >= 4 is 40.4 Å². The molecule has 0 unspecified atom stereocenters. The molecule has 5 nitrogen and oxygen atoms in total. The summed E-state index contributed by atoms with van der Waals surface area (Å²) in [7, 11) is 3.30. The topological polar surface area (TPSA) is 49.9 Å². The zero-order valence-corrected chi connectivity index (χ0v) is 20.7. The number of carbonyl (C=O) groups excluding carboxylic acids is 2. The number of anilines is 1. The summed E-state index contributed by atoms with van der Waals surface area (Å²) < 4.78 is 5.50. The second-order valence-electron chi connectivity index (χ2n) is 8.59. The molecule has 1 aliphatic rings. The van der Waals surface area contributed by atoms with Gasteiger partial charge < -0.3 is 14.5 Å². The maximum absolute atomic E-state index is 14.2. The third-order valence-corrected chi connectivity index (χ3v) is 7.11. The Bertz CT molecular complexity index is 1160. The Morgan fingerprint density at radius 3 is 2.61 bits per heavy atom. The van der Waals surface area contributed by atoms with Crippen molar-refractivity contribution < 1.29 is 14.3 Å². The van der Waals surface area contributed by atoms with Crippen LogP contribution in [0.25, 0.3) is 0 Å². The molecule has 0 fully saturated rings. The van der Waals surface area contributed by atoms with Crippen molar-refractivity contribution in [1.82, 2.24) is 4.90 Å². The van der Waals surface area contributed by atoms with Crippen LogP contribution < -0.4 is 9.64 Å². The first-order chi connectivity index (χ1) is 15.8. The molecule has 0 N–H and O–H groups in total. The summed E-state index contributed by atoms with van der Waals surface area (Å²) in [4.78, 5) is 32.2. The third kappa shape index (κ3) is 4.37. The van der Waals surface area contributed by atoms with Gasteiger partial charge in [0.15, 0.2) is 0 Å². The predicted octanol–water partition coefficient (Wildman–Crippen LogP) is 6.01. The lowest BCUT2D eigenvalue weighted by Gasteiger charge is -2.43. The first-order valence-corrected chi connectivity index (χ1v) is 12.1. The largest absolute Gasteiger partial charge is 0.495 e. The number of fused-ring (bicyclic) bond motifs is 1. The molecule has 33 heavy (non-hydrogen) atoms. The molecule has 4 rings (SSSR count). The van der Waals surface area contributed by atoms with Gasteiger partial charge in [-0.3, -0.25) is 9.59 Å². The van der Waals surface area contributed by atoms with Crippen LogP contribution in [0.15, 0.2) is 60.0 Å². The second kappa shape index (κ2) is 9.57. The van der Waals surface area contributed by atoms with E-state index in [0.717, 1.165) is 10.4 Å². The van der Waals surface area contributed by atoms with Gasteiger partial charge in [0.1, 0.15) is 5.75 Å². The highest BCUT2D eigenvalue weighted by molar-refractivity contribution is 7.10. The summed E-state index contributed by atoms with van der Waals surface area (Å²) >= 11 is 7.82. The molecule has 0 saturated heterocycles. The molecule has 2 amide bonds. The SMILES string of the molecule is COc1ccc(Cl)cc1N(C)C(=O)[C@H]1c2ccccc2C(=O)N(CC(C)C)[C@H]1c1cccs1. The van der Waals surface area contributed by atoms with Gasteiger partial charge in [-0.1, -0.05) is 49.7 Å². The number of rotatable bonds is 6. The Morgan fingerprint density at radius 2 is 1.94 bits per heavy atom. The Morgan fingerprint density at radius 1 is 1.18 bits per heavy atom. The number of benzene rings is 2. The van der Waals surface area contributed by atoms with E-state index in [1.165, 1.54) is 0 Å². The second-order valence-corrected chi connectivity index (χ2v) is 10.0. The van der Waals surface area contributed by atoms with Crippen LogP contribution in [0.4, 0.5) is 5.69 Å². The molecule has 2 aromatic carbocycles. The highest BCUT2D eigenvalue weighted by Crippen LogP contribution is 2.46. The van der Waals surface area contributed by atoms with Crippen LogP contribution in [0.5, 0.6) is 5.75 Å². The fourth-order valence-electron chi connectivity index (χ4n) is 4.48. The molecule has 0 bridgehead atoms. The lowest BCUT2D eigenvalue weighted by Crippen LogP contribution is -2.48. The quantitative estimate of drug-likeness (QED) is 0.432. The molecule has 1 aromatic heterocycles. The van der Waals surface area contributed by atoms with E-state index in [1.807, 2.05) is 46.7 Å². The first kappa shape index (κ1) is 23.3. The van der Waals surface area contributed by atoms with Gasteiger partial charge in [-0.05, 0) is 47.2 Å². The van der Waals surface area contributed by atoms with Crippen LogP contribution in [0.2, 0.25) is 5.02 Å². The van der Waals surface area contributed by atoms with E-state index >= 15 is 0 Å². The number of hydrogen-bond acceptors (Lipinski definition) is 4. The van der Waals surface area contributed by atoms with E-state index in [1.54, 1.807) is 48.6 Å².